The molecule has 1 saturated heterocycles. The topological polar surface area (TPSA) is 59.0 Å². The number of aromatic nitrogens is 2. The number of rotatable bonds is 2. The number of amides is 1. The number of carbonyl (C=O) groups excluding carboxylic acids is 1. The van der Waals surface area contributed by atoms with Crippen LogP contribution in [0.25, 0.3) is 0 Å². The molecule has 0 saturated carbocycles. The van der Waals surface area contributed by atoms with E-state index in [1.54, 1.807) is 4.68 Å². The molecule has 1 unspecified atom stereocenters. The summed E-state index contributed by atoms with van der Waals surface area (Å²) in [7, 11) is 1.87. The molecule has 1 aliphatic rings. The van der Waals surface area contributed by atoms with E-state index in [-0.39, 0.29) is 17.4 Å². The summed E-state index contributed by atoms with van der Waals surface area (Å²) in [5.41, 5.74) is 1.02. The van der Waals surface area contributed by atoms with E-state index in [2.05, 4.69) is 29.6 Å². The van der Waals surface area contributed by atoms with E-state index in [1.165, 1.54) is 0 Å². The predicted octanol–water partition coefficient (Wildman–Crippen LogP) is 1.45. The molecule has 5 heteroatoms. The lowest BCUT2D eigenvalue weighted by molar-refractivity contribution is -0.121. The van der Waals surface area contributed by atoms with Gasteiger partial charge < -0.3 is 10.6 Å². The van der Waals surface area contributed by atoms with Crippen molar-refractivity contribution in [3.05, 3.63) is 11.8 Å². The Morgan fingerprint density at radius 2 is 2.33 bits per heavy atom. The highest BCUT2D eigenvalue weighted by molar-refractivity contribution is 5.94. The third-order valence-corrected chi connectivity index (χ3v) is 3.76. The Labute approximate surface area is 108 Å². The molecule has 2 rings (SSSR count). The van der Waals surface area contributed by atoms with E-state index in [1.807, 2.05) is 20.0 Å². The molecule has 18 heavy (non-hydrogen) atoms. The van der Waals surface area contributed by atoms with Crippen molar-refractivity contribution < 1.29 is 4.79 Å². The summed E-state index contributed by atoms with van der Waals surface area (Å²) in [6.07, 6.45) is 2.19. The van der Waals surface area contributed by atoms with Gasteiger partial charge in [0.2, 0.25) is 5.91 Å². The smallest absolute Gasteiger partial charge is 0.243 e. The normalized spacial score (nSPS) is 22.8. The third kappa shape index (κ3) is 2.56. The minimum atomic E-state index is -0.145. The van der Waals surface area contributed by atoms with Gasteiger partial charge in [0.15, 0.2) is 5.82 Å². The van der Waals surface area contributed by atoms with Gasteiger partial charge in [-0.05, 0) is 31.7 Å². The molecule has 1 amide bonds. The fourth-order valence-electron chi connectivity index (χ4n) is 2.48. The number of aryl methyl sites for hydroxylation is 2. The molecule has 1 aliphatic heterocycles. The maximum absolute atomic E-state index is 12.3. The van der Waals surface area contributed by atoms with Gasteiger partial charge in [-0.15, -0.1) is 0 Å². The molecule has 2 heterocycles. The molecule has 5 nitrogen and oxygen atoms in total. The first-order valence-electron chi connectivity index (χ1n) is 6.45. The molecular formula is C13H22N4O. The Bertz CT molecular complexity index is 430. The van der Waals surface area contributed by atoms with E-state index in [4.69, 9.17) is 0 Å². The van der Waals surface area contributed by atoms with Gasteiger partial charge in [0, 0.05) is 18.8 Å². The van der Waals surface area contributed by atoms with Crippen molar-refractivity contribution >= 4 is 11.7 Å². The highest BCUT2D eigenvalue weighted by atomic mass is 16.2. The number of carbonyl (C=O) groups is 1. The monoisotopic (exact) mass is 250 g/mol. The maximum Gasteiger partial charge on any atom is 0.243 e. The number of nitrogens with one attached hydrogen (secondary N) is 2. The van der Waals surface area contributed by atoms with Gasteiger partial charge >= 0.3 is 0 Å². The zero-order valence-electron chi connectivity index (χ0n) is 11.6. The minimum Gasteiger partial charge on any atom is -0.308 e. The van der Waals surface area contributed by atoms with Crippen molar-refractivity contribution in [3.8, 4) is 0 Å². The SMILES string of the molecule is Cc1cc(NC(=O)C2NCCCC2(C)C)nn1C. The molecule has 0 aromatic carbocycles. The van der Waals surface area contributed by atoms with Crippen molar-refractivity contribution in [1.82, 2.24) is 15.1 Å². The average molecular weight is 250 g/mol. The standard InChI is InChI=1S/C13H22N4O/c1-9-8-10(16-17(9)4)15-12(18)11-13(2,3)6-5-7-14-11/h8,11,14H,5-7H2,1-4H3,(H,15,16,18). The van der Waals surface area contributed by atoms with E-state index >= 15 is 0 Å². The van der Waals surface area contributed by atoms with Crippen LogP contribution in [0.5, 0.6) is 0 Å². The first-order valence-corrected chi connectivity index (χ1v) is 6.45. The second kappa shape index (κ2) is 4.72. The fourth-order valence-corrected chi connectivity index (χ4v) is 2.48. The van der Waals surface area contributed by atoms with Crippen LogP contribution in [0.3, 0.4) is 0 Å². The predicted molar refractivity (Wildman–Crippen MR) is 71.4 cm³/mol. The lowest BCUT2D eigenvalue weighted by atomic mass is 9.77. The molecule has 1 aromatic rings. The summed E-state index contributed by atoms with van der Waals surface area (Å²) < 4.78 is 1.76. The van der Waals surface area contributed by atoms with Crippen LogP contribution in [0.15, 0.2) is 6.07 Å². The zero-order valence-corrected chi connectivity index (χ0v) is 11.6. The molecular weight excluding hydrogens is 228 g/mol. The summed E-state index contributed by atoms with van der Waals surface area (Å²) in [5, 5.41) is 10.4. The molecule has 1 atom stereocenters. The van der Waals surface area contributed by atoms with Crippen molar-refractivity contribution in [2.45, 2.75) is 39.7 Å². The Kier molecular flexibility index (Phi) is 3.43. The van der Waals surface area contributed by atoms with Crippen LogP contribution in [0, 0.1) is 12.3 Å². The van der Waals surface area contributed by atoms with Gasteiger partial charge in [-0.25, -0.2) is 0 Å². The second-order valence-electron chi connectivity index (χ2n) is 5.76. The Balaban J connectivity index is 2.07. The molecule has 0 aliphatic carbocycles. The summed E-state index contributed by atoms with van der Waals surface area (Å²) in [5.74, 6) is 0.640. The van der Waals surface area contributed by atoms with E-state index in [0.29, 0.717) is 5.82 Å². The first-order chi connectivity index (χ1) is 8.40. The number of piperidine rings is 1. The fraction of sp³-hybridized carbons (Fsp3) is 0.692. The molecule has 0 spiro atoms. The number of hydrogen-bond donors (Lipinski definition) is 2. The van der Waals surface area contributed by atoms with Crippen molar-refractivity contribution in [2.24, 2.45) is 12.5 Å². The minimum absolute atomic E-state index is 0.00778. The van der Waals surface area contributed by atoms with Crippen LogP contribution >= 0.6 is 0 Å². The molecule has 1 aromatic heterocycles. The van der Waals surface area contributed by atoms with E-state index in [0.717, 1.165) is 25.1 Å². The van der Waals surface area contributed by atoms with Crippen LogP contribution < -0.4 is 10.6 Å². The summed E-state index contributed by atoms with van der Waals surface area (Å²) in [6, 6.07) is 1.74. The summed E-state index contributed by atoms with van der Waals surface area (Å²) in [6.45, 7) is 7.13. The van der Waals surface area contributed by atoms with Crippen LogP contribution in [-0.4, -0.2) is 28.3 Å². The van der Waals surface area contributed by atoms with Crippen molar-refractivity contribution in [1.29, 1.82) is 0 Å². The van der Waals surface area contributed by atoms with Gasteiger partial charge in [-0.3, -0.25) is 9.48 Å². The Morgan fingerprint density at radius 1 is 1.61 bits per heavy atom. The lowest BCUT2D eigenvalue weighted by Gasteiger charge is -2.38. The highest BCUT2D eigenvalue weighted by Crippen LogP contribution is 2.30. The van der Waals surface area contributed by atoms with Crippen LogP contribution in [0.1, 0.15) is 32.4 Å². The van der Waals surface area contributed by atoms with Gasteiger partial charge in [0.05, 0.1) is 6.04 Å². The highest BCUT2D eigenvalue weighted by Gasteiger charge is 2.37. The molecule has 100 valence electrons. The molecule has 1 fully saturated rings. The quantitative estimate of drug-likeness (QED) is 0.835. The lowest BCUT2D eigenvalue weighted by Crippen LogP contribution is -2.53. The number of hydrogen-bond acceptors (Lipinski definition) is 3. The molecule has 2 N–H and O–H groups in total. The largest absolute Gasteiger partial charge is 0.308 e. The van der Waals surface area contributed by atoms with E-state index < -0.39 is 0 Å². The van der Waals surface area contributed by atoms with Gasteiger partial charge in [-0.1, -0.05) is 13.8 Å². The van der Waals surface area contributed by atoms with Gasteiger partial charge in [0.25, 0.3) is 0 Å². The van der Waals surface area contributed by atoms with Crippen molar-refractivity contribution in [2.75, 3.05) is 11.9 Å². The number of anilines is 1. The van der Waals surface area contributed by atoms with E-state index in [9.17, 15) is 4.79 Å². The van der Waals surface area contributed by atoms with Gasteiger partial charge in [0.1, 0.15) is 0 Å². The second-order valence-corrected chi connectivity index (χ2v) is 5.76. The van der Waals surface area contributed by atoms with Crippen molar-refractivity contribution in [3.63, 3.8) is 0 Å². The Hall–Kier alpha value is -1.36. The average Bonchev–Trinajstić information content (AvgIpc) is 2.57. The molecule has 0 radical (unpaired) electrons. The van der Waals surface area contributed by atoms with Crippen LogP contribution in [-0.2, 0) is 11.8 Å². The third-order valence-electron chi connectivity index (χ3n) is 3.76. The molecule has 0 bridgehead atoms. The maximum atomic E-state index is 12.3. The Morgan fingerprint density at radius 3 is 2.89 bits per heavy atom. The zero-order chi connectivity index (χ0) is 13.3. The summed E-state index contributed by atoms with van der Waals surface area (Å²) >= 11 is 0. The summed E-state index contributed by atoms with van der Waals surface area (Å²) in [4.78, 5) is 12.3. The number of nitrogens with zero attached hydrogens (tertiary/aromatic N) is 2. The van der Waals surface area contributed by atoms with Crippen LogP contribution in [0.4, 0.5) is 5.82 Å². The van der Waals surface area contributed by atoms with Gasteiger partial charge in [-0.2, -0.15) is 5.10 Å². The van der Waals surface area contributed by atoms with Crippen LogP contribution in [0.2, 0.25) is 0 Å². The first kappa shape index (κ1) is 13.1.